The fraction of sp³-hybridized carbons (Fsp3) is 0.355. The average molecular weight is 635 g/mol. The summed E-state index contributed by atoms with van der Waals surface area (Å²) in [6, 6.07) is 18.3. The van der Waals surface area contributed by atoms with Gasteiger partial charge >= 0.3 is 0 Å². The zero-order valence-electron chi connectivity index (χ0n) is 23.3. The molecule has 3 aromatic carbocycles. The molecule has 0 saturated heterocycles. The van der Waals surface area contributed by atoms with E-state index < -0.39 is 34.3 Å². The van der Waals surface area contributed by atoms with Crippen molar-refractivity contribution in [1.82, 2.24) is 10.2 Å². The van der Waals surface area contributed by atoms with E-state index in [9.17, 15) is 22.4 Å². The first-order valence-corrected chi connectivity index (χ1v) is 16.4. The molecule has 1 aliphatic carbocycles. The highest BCUT2D eigenvalue weighted by Crippen LogP contribution is 2.28. The lowest BCUT2D eigenvalue weighted by atomic mass is 9.94. The maximum atomic E-state index is 14.1. The summed E-state index contributed by atoms with van der Waals surface area (Å²) in [6.45, 7) is -0.638. The topological polar surface area (TPSA) is 86.8 Å². The number of halogens is 3. The Bertz CT molecular complexity index is 1460. The zero-order chi connectivity index (χ0) is 30.3. The number of carbonyl (C=O) groups excluding carboxylic acids is 2. The smallest absolute Gasteiger partial charge is 0.244 e. The van der Waals surface area contributed by atoms with Crippen molar-refractivity contribution in [1.29, 1.82) is 0 Å². The lowest BCUT2D eigenvalue weighted by Gasteiger charge is -2.35. The molecule has 3 aromatic rings. The molecule has 1 aliphatic rings. The molecule has 0 aliphatic heterocycles. The molecule has 0 aromatic heterocycles. The first-order valence-electron chi connectivity index (χ1n) is 13.8. The molecule has 1 unspecified atom stereocenters. The first kappa shape index (κ1) is 31.8. The maximum absolute atomic E-state index is 14.1. The van der Waals surface area contributed by atoms with Gasteiger partial charge in [0.05, 0.1) is 11.9 Å². The highest BCUT2D eigenvalue weighted by Gasteiger charge is 2.34. The molecule has 42 heavy (non-hydrogen) atoms. The van der Waals surface area contributed by atoms with Crippen LogP contribution in [0.25, 0.3) is 0 Å². The summed E-state index contributed by atoms with van der Waals surface area (Å²) in [4.78, 5) is 29.4. The highest BCUT2D eigenvalue weighted by atomic mass is 35.5. The Kier molecular flexibility index (Phi) is 10.9. The molecule has 0 radical (unpaired) electrons. The summed E-state index contributed by atoms with van der Waals surface area (Å²) in [5, 5.41) is 3.55. The van der Waals surface area contributed by atoms with Crippen LogP contribution in [0.3, 0.4) is 0 Å². The van der Waals surface area contributed by atoms with E-state index in [1.165, 1.54) is 35.2 Å². The van der Waals surface area contributed by atoms with Crippen molar-refractivity contribution < 1.29 is 22.4 Å². The summed E-state index contributed by atoms with van der Waals surface area (Å²) in [5.74, 6) is -1.37. The lowest BCUT2D eigenvalue weighted by molar-refractivity contribution is -0.140. The highest BCUT2D eigenvalue weighted by molar-refractivity contribution is 7.92. The summed E-state index contributed by atoms with van der Waals surface area (Å²) in [6.07, 6.45) is 6.03. The van der Waals surface area contributed by atoms with Crippen LogP contribution in [0.1, 0.15) is 43.2 Å². The van der Waals surface area contributed by atoms with Gasteiger partial charge in [-0.2, -0.15) is 0 Å². The van der Waals surface area contributed by atoms with Crippen molar-refractivity contribution in [3.8, 4) is 0 Å². The predicted molar refractivity (Wildman–Crippen MR) is 165 cm³/mol. The van der Waals surface area contributed by atoms with E-state index in [-0.39, 0.29) is 40.6 Å². The third-order valence-electron chi connectivity index (χ3n) is 7.30. The molecule has 2 amide bonds. The minimum atomic E-state index is -3.97. The lowest BCUT2D eigenvalue weighted by Crippen LogP contribution is -2.55. The monoisotopic (exact) mass is 633 g/mol. The number of nitrogens with zero attached hydrogens (tertiary/aromatic N) is 2. The van der Waals surface area contributed by atoms with Gasteiger partial charge in [-0.15, -0.1) is 0 Å². The summed E-state index contributed by atoms with van der Waals surface area (Å²) in [7, 11) is -3.97. The normalized spacial score (nSPS) is 14.7. The molecule has 0 bridgehead atoms. The van der Waals surface area contributed by atoms with Crippen LogP contribution in [-0.4, -0.2) is 50.0 Å². The zero-order valence-corrected chi connectivity index (χ0v) is 25.6. The van der Waals surface area contributed by atoms with Gasteiger partial charge in [-0.1, -0.05) is 84.9 Å². The molecule has 0 heterocycles. The van der Waals surface area contributed by atoms with E-state index in [1.54, 1.807) is 12.1 Å². The van der Waals surface area contributed by atoms with Crippen LogP contribution in [-0.2, 0) is 32.6 Å². The van der Waals surface area contributed by atoms with Crippen LogP contribution in [0.2, 0.25) is 10.0 Å². The Labute approximate surface area is 256 Å². The van der Waals surface area contributed by atoms with Crippen molar-refractivity contribution in [3.05, 3.63) is 99.8 Å². The third-order valence-corrected chi connectivity index (χ3v) is 8.88. The SMILES string of the molecule is CS(=O)(=O)N(CC(=O)N(Cc1ccc(F)cc1)C(Cc1ccccc1)C(=O)NC1CCCCC1)c1cc(Cl)cc(Cl)c1. The molecule has 224 valence electrons. The van der Waals surface area contributed by atoms with Gasteiger partial charge in [-0.3, -0.25) is 13.9 Å². The summed E-state index contributed by atoms with van der Waals surface area (Å²) in [5.41, 5.74) is 1.54. The second-order valence-electron chi connectivity index (χ2n) is 10.6. The minimum Gasteiger partial charge on any atom is -0.352 e. The Morgan fingerprint density at radius 2 is 1.55 bits per heavy atom. The first-order chi connectivity index (χ1) is 20.0. The predicted octanol–water partition coefficient (Wildman–Crippen LogP) is 5.99. The number of rotatable bonds is 11. The van der Waals surface area contributed by atoms with E-state index in [0.29, 0.717) is 5.56 Å². The third kappa shape index (κ3) is 8.93. The largest absolute Gasteiger partial charge is 0.352 e. The molecule has 11 heteroatoms. The van der Waals surface area contributed by atoms with Gasteiger partial charge in [0.25, 0.3) is 0 Å². The van der Waals surface area contributed by atoms with Crippen LogP contribution in [0.5, 0.6) is 0 Å². The van der Waals surface area contributed by atoms with Crippen molar-refractivity contribution in [2.45, 2.75) is 57.2 Å². The number of hydrogen-bond donors (Lipinski definition) is 1. The van der Waals surface area contributed by atoms with Gasteiger partial charge in [0.15, 0.2) is 0 Å². The van der Waals surface area contributed by atoms with Crippen LogP contribution >= 0.6 is 23.2 Å². The number of anilines is 1. The van der Waals surface area contributed by atoms with Gasteiger partial charge < -0.3 is 10.2 Å². The minimum absolute atomic E-state index is 0.00610. The van der Waals surface area contributed by atoms with E-state index in [4.69, 9.17) is 23.2 Å². The molecule has 0 spiro atoms. The summed E-state index contributed by atoms with van der Waals surface area (Å²) >= 11 is 12.3. The second kappa shape index (κ2) is 14.4. The van der Waals surface area contributed by atoms with E-state index in [1.807, 2.05) is 30.3 Å². The number of hydrogen-bond acceptors (Lipinski definition) is 4. The number of amides is 2. The summed E-state index contributed by atoms with van der Waals surface area (Å²) < 4.78 is 40.5. The average Bonchev–Trinajstić information content (AvgIpc) is 2.94. The fourth-order valence-corrected chi connectivity index (χ4v) is 6.53. The molecule has 1 fully saturated rings. The van der Waals surface area contributed by atoms with Crippen LogP contribution < -0.4 is 9.62 Å². The Morgan fingerprint density at radius 3 is 2.14 bits per heavy atom. The molecule has 1 saturated carbocycles. The van der Waals surface area contributed by atoms with E-state index in [0.717, 1.165) is 48.2 Å². The van der Waals surface area contributed by atoms with Gasteiger partial charge in [0, 0.05) is 29.1 Å². The van der Waals surface area contributed by atoms with Crippen molar-refractivity contribution in [2.24, 2.45) is 0 Å². The number of sulfonamides is 1. The standard InChI is InChI=1S/C31H34Cl2FN3O4S/c1-42(40,41)37(28-18-24(32)17-25(33)19-28)21-30(38)36(20-23-12-14-26(34)15-13-23)29(16-22-8-4-2-5-9-22)31(39)35-27-10-6-3-7-11-27/h2,4-5,8-9,12-15,17-19,27,29H,3,6-7,10-11,16,20-21H2,1H3,(H,35,39). The second-order valence-corrected chi connectivity index (χ2v) is 13.4. The van der Waals surface area contributed by atoms with E-state index >= 15 is 0 Å². The molecule has 1 N–H and O–H groups in total. The molecular weight excluding hydrogens is 600 g/mol. The number of nitrogens with one attached hydrogen (secondary N) is 1. The van der Waals surface area contributed by atoms with Gasteiger partial charge in [-0.05, 0) is 54.3 Å². The maximum Gasteiger partial charge on any atom is 0.244 e. The van der Waals surface area contributed by atoms with Crippen LogP contribution in [0.4, 0.5) is 10.1 Å². The van der Waals surface area contributed by atoms with Crippen molar-refractivity contribution >= 4 is 50.7 Å². The quantitative estimate of drug-likeness (QED) is 0.281. The Hall–Kier alpha value is -3.14. The van der Waals surface area contributed by atoms with Crippen molar-refractivity contribution in [2.75, 3.05) is 17.1 Å². The van der Waals surface area contributed by atoms with Crippen LogP contribution in [0, 0.1) is 5.82 Å². The molecular formula is C31H34Cl2FN3O4S. The van der Waals surface area contributed by atoms with Gasteiger partial charge in [-0.25, -0.2) is 12.8 Å². The van der Waals surface area contributed by atoms with Crippen molar-refractivity contribution in [3.63, 3.8) is 0 Å². The Balaban J connectivity index is 1.73. The number of carbonyl (C=O) groups is 2. The fourth-order valence-electron chi connectivity index (χ4n) is 5.18. The van der Waals surface area contributed by atoms with Gasteiger partial charge in [0.2, 0.25) is 21.8 Å². The van der Waals surface area contributed by atoms with Gasteiger partial charge in [0.1, 0.15) is 18.4 Å². The van der Waals surface area contributed by atoms with E-state index in [2.05, 4.69) is 5.32 Å². The number of benzene rings is 3. The molecule has 7 nitrogen and oxygen atoms in total. The Morgan fingerprint density at radius 1 is 0.929 bits per heavy atom. The molecule has 4 rings (SSSR count). The molecule has 1 atom stereocenters. The van der Waals surface area contributed by atoms with Crippen LogP contribution in [0.15, 0.2) is 72.8 Å².